The number of amides is 1. The van der Waals surface area contributed by atoms with Crippen LogP contribution in [0.25, 0.3) is 0 Å². The Morgan fingerprint density at radius 3 is 2.67 bits per heavy atom. The molecular weight excluding hydrogens is 536 g/mol. The monoisotopic (exact) mass is 588 g/mol. The lowest BCUT2D eigenvalue weighted by Crippen LogP contribution is -2.58. The van der Waals surface area contributed by atoms with Gasteiger partial charge >= 0.3 is 11.9 Å². The van der Waals surface area contributed by atoms with E-state index < -0.39 is 11.2 Å². The van der Waals surface area contributed by atoms with Crippen LogP contribution in [0.3, 0.4) is 0 Å². The highest BCUT2D eigenvalue weighted by molar-refractivity contribution is 5.88. The standard InChI is InChI=1S/C32H52N4O6/c1-6-19(2)30(39)42-31(3,4)32(14-23-9-21-7-8-29(38)40-25(21)12-26(23)41-32)13-22-10-27(33)35-16-24(22)11-28(37)36-17-20(18-36)15-34-5/h6,20-27,34-35H,7-18,33H2,1-5H3. The molecule has 0 bridgehead atoms. The zero-order chi connectivity index (χ0) is 30.2. The summed E-state index contributed by atoms with van der Waals surface area (Å²) in [5, 5.41) is 6.61. The van der Waals surface area contributed by atoms with Crippen LogP contribution in [-0.2, 0) is 28.6 Å². The van der Waals surface area contributed by atoms with Crippen LogP contribution in [0, 0.1) is 29.6 Å². The number of nitrogens with zero attached hydrogens (tertiary/aromatic N) is 1. The number of hydrogen-bond acceptors (Lipinski definition) is 9. The second-order valence-electron chi connectivity index (χ2n) is 14.2. The molecule has 4 aliphatic heterocycles. The molecular formula is C32H52N4O6. The van der Waals surface area contributed by atoms with E-state index in [1.165, 1.54) is 0 Å². The highest BCUT2D eigenvalue weighted by atomic mass is 16.6. The van der Waals surface area contributed by atoms with Crippen molar-refractivity contribution in [3.63, 3.8) is 0 Å². The summed E-state index contributed by atoms with van der Waals surface area (Å²) in [5.74, 6) is 1.13. The van der Waals surface area contributed by atoms with Crippen molar-refractivity contribution in [3.05, 3.63) is 11.6 Å². The molecule has 1 aliphatic carbocycles. The Morgan fingerprint density at radius 2 is 1.95 bits per heavy atom. The number of fused-ring (bicyclic) bond motifs is 2. The van der Waals surface area contributed by atoms with Crippen molar-refractivity contribution < 1.29 is 28.6 Å². The molecule has 0 spiro atoms. The van der Waals surface area contributed by atoms with Crippen LogP contribution in [0.2, 0.25) is 0 Å². The molecule has 5 rings (SSSR count). The number of allylic oxidation sites excluding steroid dienone is 1. The molecule has 10 heteroatoms. The predicted molar refractivity (Wildman–Crippen MR) is 158 cm³/mol. The quantitative estimate of drug-likeness (QED) is 0.275. The molecule has 4 N–H and O–H groups in total. The SMILES string of the molecule is CC=C(C)C(=O)OC(C)(C)C1(CC2CC(N)NCC2CC(=O)N2CC(CNC)C2)CC2CC3CCC(=O)OC3CC2O1. The van der Waals surface area contributed by atoms with E-state index in [0.29, 0.717) is 55.6 Å². The highest BCUT2D eigenvalue weighted by Crippen LogP contribution is 2.55. The first-order chi connectivity index (χ1) is 19.9. The van der Waals surface area contributed by atoms with Crippen LogP contribution in [0.4, 0.5) is 0 Å². The number of esters is 2. The summed E-state index contributed by atoms with van der Waals surface area (Å²) in [6.45, 7) is 10.8. The fraction of sp³-hybridized carbons (Fsp3) is 0.844. The molecule has 8 atom stereocenters. The third-order valence-corrected chi connectivity index (χ3v) is 11.0. The van der Waals surface area contributed by atoms with Gasteiger partial charge in [0.1, 0.15) is 17.3 Å². The van der Waals surface area contributed by atoms with Gasteiger partial charge in [0.2, 0.25) is 5.91 Å². The fourth-order valence-electron chi connectivity index (χ4n) is 8.22. The molecule has 1 saturated carbocycles. The van der Waals surface area contributed by atoms with Crippen molar-refractivity contribution >= 4 is 17.8 Å². The van der Waals surface area contributed by atoms with Crippen molar-refractivity contribution in [2.45, 2.75) is 109 Å². The molecule has 10 nitrogen and oxygen atoms in total. The Balaban J connectivity index is 1.37. The summed E-state index contributed by atoms with van der Waals surface area (Å²) in [4.78, 5) is 40.5. The van der Waals surface area contributed by atoms with Gasteiger partial charge in [-0.2, -0.15) is 0 Å². The Morgan fingerprint density at radius 1 is 1.19 bits per heavy atom. The van der Waals surface area contributed by atoms with E-state index >= 15 is 0 Å². The lowest BCUT2D eigenvalue weighted by atomic mass is 9.67. The number of carbonyl (C=O) groups is 3. The normalized spacial score (nSPS) is 37.4. The summed E-state index contributed by atoms with van der Waals surface area (Å²) in [5.41, 5.74) is 5.34. The number of nitrogens with one attached hydrogen (secondary N) is 2. The summed E-state index contributed by atoms with van der Waals surface area (Å²) >= 11 is 0. The van der Waals surface area contributed by atoms with E-state index in [1.807, 2.05) is 32.7 Å². The Kier molecular flexibility index (Phi) is 9.38. The van der Waals surface area contributed by atoms with Crippen LogP contribution in [0.1, 0.15) is 79.1 Å². The molecule has 0 aromatic rings. The fourth-order valence-corrected chi connectivity index (χ4v) is 8.22. The molecule has 1 amide bonds. The molecule has 0 radical (unpaired) electrons. The number of hydrogen-bond donors (Lipinski definition) is 3. The van der Waals surface area contributed by atoms with Crippen molar-refractivity contribution in [2.24, 2.45) is 35.3 Å². The second-order valence-corrected chi connectivity index (χ2v) is 14.2. The maximum atomic E-state index is 13.3. The Labute approximate surface area is 250 Å². The van der Waals surface area contributed by atoms with E-state index in [2.05, 4.69) is 10.6 Å². The molecule has 42 heavy (non-hydrogen) atoms. The van der Waals surface area contributed by atoms with Gasteiger partial charge in [0, 0.05) is 56.9 Å². The largest absolute Gasteiger partial charge is 0.462 e. The van der Waals surface area contributed by atoms with E-state index in [4.69, 9.17) is 19.9 Å². The summed E-state index contributed by atoms with van der Waals surface area (Å²) < 4.78 is 19.1. The van der Waals surface area contributed by atoms with Crippen LogP contribution in [0.15, 0.2) is 11.6 Å². The molecule has 236 valence electrons. The Hall–Kier alpha value is -2.01. The van der Waals surface area contributed by atoms with Gasteiger partial charge in [-0.3, -0.25) is 9.59 Å². The zero-order valence-electron chi connectivity index (χ0n) is 26.2. The summed E-state index contributed by atoms with van der Waals surface area (Å²) in [6.07, 6.45) is 6.99. The van der Waals surface area contributed by atoms with Gasteiger partial charge in [0.05, 0.1) is 12.3 Å². The van der Waals surface area contributed by atoms with E-state index in [1.54, 1.807) is 13.0 Å². The number of likely N-dealkylation sites (tertiary alicyclic amines) is 1. The van der Waals surface area contributed by atoms with Crippen LogP contribution in [0.5, 0.6) is 0 Å². The smallest absolute Gasteiger partial charge is 0.334 e. The third kappa shape index (κ3) is 6.42. The maximum absolute atomic E-state index is 13.3. The topological polar surface area (TPSA) is 132 Å². The molecule has 0 aromatic carbocycles. The van der Waals surface area contributed by atoms with Gasteiger partial charge in [-0.05, 0) is 90.5 Å². The first kappa shape index (κ1) is 31.4. The predicted octanol–water partition coefficient (Wildman–Crippen LogP) is 2.50. The highest BCUT2D eigenvalue weighted by Gasteiger charge is 2.60. The lowest BCUT2D eigenvalue weighted by Gasteiger charge is -2.48. The summed E-state index contributed by atoms with van der Waals surface area (Å²) in [7, 11) is 1.95. The number of carbonyl (C=O) groups excluding carboxylic acids is 3. The first-order valence-electron chi connectivity index (χ1n) is 16.1. The van der Waals surface area contributed by atoms with Crippen LogP contribution in [-0.4, -0.2) is 85.5 Å². The van der Waals surface area contributed by atoms with E-state index in [-0.39, 0.29) is 48.1 Å². The van der Waals surface area contributed by atoms with Crippen LogP contribution >= 0.6 is 0 Å². The molecule has 8 unspecified atom stereocenters. The van der Waals surface area contributed by atoms with Crippen molar-refractivity contribution in [2.75, 3.05) is 33.2 Å². The minimum absolute atomic E-state index is 0.0707. The molecule has 4 heterocycles. The zero-order valence-corrected chi connectivity index (χ0v) is 26.2. The van der Waals surface area contributed by atoms with Crippen LogP contribution < -0.4 is 16.4 Å². The number of nitrogens with two attached hydrogens (primary N) is 1. The molecule has 0 aromatic heterocycles. The number of piperidine rings is 1. The second kappa shape index (κ2) is 12.5. The van der Waals surface area contributed by atoms with E-state index in [9.17, 15) is 14.4 Å². The first-order valence-corrected chi connectivity index (χ1v) is 16.1. The van der Waals surface area contributed by atoms with E-state index in [0.717, 1.165) is 45.3 Å². The summed E-state index contributed by atoms with van der Waals surface area (Å²) in [6, 6.07) is 0. The average molecular weight is 589 g/mol. The molecule has 4 saturated heterocycles. The van der Waals surface area contributed by atoms with Crippen molar-refractivity contribution in [1.82, 2.24) is 15.5 Å². The van der Waals surface area contributed by atoms with Gasteiger partial charge in [0.15, 0.2) is 0 Å². The van der Waals surface area contributed by atoms with Gasteiger partial charge in [-0.1, -0.05) is 6.08 Å². The molecule has 5 aliphatic rings. The van der Waals surface area contributed by atoms with Crippen molar-refractivity contribution in [1.29, 1.82) is 0 Å². The van der Waals surface area contributed by atoms with Gasteiger partial charge < -0.3 is 35.5 Å². The van der Waals surface area contributed by atoms with Crippen molar-refractivity contribution in [3.8, 4) is 0 Å². The molecule has 5 fully saturated rings. The minimum Gasteiger partial charge on any atom is -0.462 e. The Bertz CT molecular complexity index is 1060. The maximum Gasteiger partial charge on any atom is 0.334 e. The average Bonchev–Trinajstić information content (AvgIpc) is 3.28. The number of rotatable bonds is 9. The number of ether oxygens (including phenoxy) is 3. The lowest BCUT2D eigenvalue weighted by molar-refractivity contribution is -0.207. The van der Waals surface area contributed by atoms with Gasteiger partial charge in [-0.15, -0.1) is 0 Å². The van der Waals surface area contributed by atoms with Gasteiger partial charge in [-0.25, -0.2) is 4.79 Å². The van der Waals surface area contributed by atoms with Gasteiger partial charge in [0.25, 0.3) is 0 Å². The third-order valence-electron chi connectivity index (χ3n) is 11.0. The minimum atomic E-state index is -0.922.